The number of thiazole rings is 1. The van der Waals surface area contributed by atoms with Crippen molar-refractivity contribution in [3.63, 3.8) is 0 Å². The average molecular weight is 294 g/mol. The molecular formula is C15H26N4S. The van der Waals surface area contributed by atoms with Crippen molar-refractivity contribution < 1.29 is 0 Å². The lowest BCUT2D eigenvalue weighted by Crippen LogP contribution is -2.35. The van der Waals surface area contributed by atoms with Crippen LogP contribution in [0.15, 0.2) is 5.38 Å². The largest absolute Gasteiger partial charge is 0.346 e. The van der Waals surface area contributed by atoms with E-state index >= 15 is 0 Å². The van der Waals surface area contributed by atoms with Gasteiger partial charge in [-0.2, -0.15) is 0 Å². The Bertz CT molecular complexity index is 425. The molecule has 0 saturated carbocycles. The van der Waals surface area contributed by atoms with E-state index in [0.717, 1.165) is 12.6 Å². The van der Waals surface area contributed by atoms with Crippen molar-refractivity contribution in [1.29, 1.82) is 0 Å². The molecule has 2 saturated heterocycles. The third kappa shape index (κ3) is 3.32. The topological polar surface area (TPSA) is 31.4 Å². The van der Waals surface area contributed by atoms with E-state index in [1.54, 1.807) is 11.3 Å². The highest BCUT2D eigenvalue weighted by Crippen LogP contribution is 2.27. The van der Waals surface area contributed by atoms with Gasteiger partial charge in [-0.15, -0.1) is 11.3 Å². The summed E-state index contributed by atoms with van der Waals surface area (Å²) in [5.41, 5.74) is 1.18. The van der Waals surface area contributed by atoms with E-state index in [9.17, 15) is 0 Å². The van der Waals surface area contributed by atoms with E-state index in [2.05, 4.69) is 34.3 Å². The summed E-state index contributed by atoms with van der Waals surface area (Å²) in [6.45, 7) is 10.2. The lowest BCUT2D eigenvalue weighted by atomic mass is 10.2. The molecule has 20 heavy (non-hydrogen) atoms. The number of hydrogen-bond acceptors (Lipinski definition) is 5. The molecular weight excluding hydrogens is 268 g/mol. The summed E-state index contributed by atoms with van der Waals surface area (Å²) in [5, 5.41) is 6.85. The van der Waals surface area contributed by atoms with Gasteiger partial charge in [0.2, 0.25) is 0 Å². The second kappa shape index (κ2) is 6.41. The quantitative estimate of drug-likeness (QED) is 0.903. The number of nitrogens with zero attached hydrogens (tertiary/aromatic N) is 3. The molecule has 2 aliphatic heterocycles. The Balaban J connectivity index is 1.54. The number of anilines is 1. The third-order valence-electron chi connectivity index (χ3n) is 4.32. The van der Waals surface area contributed by atoms with Gasteiger partial charge in [0.1, 0.15) is 0 Å². The zero-order valence-corrected chi connectivity index (χ0v) is 13.5. The lowest BCUT2D eigenvalue weighted by Gasteiger charge is -2.23. The highest BCUT2D eigenvalue weighted by molar-refractivity contribution is 7.13. The standard InChI is InChI=1S/C15H26N4S/c1-12(2)16-9-13-11-20-15(17-13)19-8-5-14(10-19)18-6-3-4-7-18/h11-12,14,16H,3-10H2,1-2H3. The summed E-state index contributed by atoms with van der Waals surface area (Å²) in [6, 6.07) is 1.28. The van der Waals surface area contributed by atoms with E-state index in [1.807, 2.05) is 0 Å². The summed E-state index contributed by atoms with van der Waals surface area (Å²) in [6.07, 6.45) is 4.08. The monoisotopic (exact) mass is 294 g/mol. The number of rotatable bonds is 5. The Morgan fingerprint density at radius 3 is 2.90 bits per heavy atom. The van der Waals surface area contributed by atoms with Crippen LogP contribution in [0.3, 0.4) is 0 Å². The van der Waals surface area contributed by atoms with Crippen molar-refractivity contribution in [2.45, 2.75) is 51.7 Å². The molecule has 0 spiro atoms. The van der Waals surface area contributed by atoms with Gasteiger partial charge in [-0.25, -0.2) is 4.98 Å². The average Bonchev–Trinajstić information content (AvgIpc) is 3.15. The maximum absolute atomic E-state index is 4.79. The third-order valence-corrected chi connectivity index (χ3v) is 5.27. The van der Waals surface area contributed by atoms with Crippen molar-refractivity contribution in [3.05, 3.63) is 11.1 Å². The first-order valence-corrected chi connectivity index (χ1v) is 8.77. The fourth-order valence-electron chi connectivity index (χ4n) is 3.15. The molecule has 2 fully saturated rings. The Hall–Kier alpha value is -0.650. The molecule has 4 nitrogen and oxygen atoms in total. The number of hydrogen-bond donors (Lipinski definition) is 1. The fourth-order valence-corrected chi connectivity index (χ4v) is 4.01. The van der Waals surface area contributed by atoms with Crippen LogP contribution in [0.25, 0.3) is 0 Å². The summed E-state index contributed by atoms with van der Waals surface area (Å²) in [4.78, 5) is 9.94. The van der Waals surface area contributed by atoms with Crippen LogP contribution in [0.5, 0.6) is 0 Å². The Kier molecular flexibility index (Phi) is 4.58. The van der Waals surface area contributed by atoms with Gasteiger partial charge in [0, 0.05) is 37.1 Å². The van der Waals surface area contributed by atoms with Crippen molar-refractivity contribution >= 4 is 16.5 Å². The molecule has 0 aliphatic carbocycles. The van der Waals surface area contributed by atoms with E-state index < -0.39 is 0 Å². The van der Waals surface area contributed by atoms with E-state index in [1.165, 1.54) is 56.3 Å². The second-order valence-corrected chi connectivity index (χ2v) is 7.13. The van der Waals surface area contributed by atoms with Gasteiger partial charge in [0.15, 0.2) is 5.13 Å². The maximum Gasteiger partial charge on any atom is 0.185 e. The molecule has 1 N–H and O–H groups in total. The number of aromatic nitrogens is 1. The van der Waals surface area contributed by atoms with Crippen molar-refractivity contribution in [2.75, 3.05) is 31.1 Å². The molecule has 1 atom stereocenters. The molecule has 2 aliphatic rings. The number of nitrogens with one attached hydrogen (secondary N) is 1. The minimum absolute atomic E-state index is 0.520. The van der Waals surface area contributed by atoms with Gasteiger partial charge in [0.05, 0.1) is 5.69 Å². The van der Waals surface area contributed by atoms with Crippen LogP contribution >= 0.6 is 11.3 Å². The minimum Gasteiger partial charge on any atom is -0.346 e. The highest BCUT2D eigenvalue weighted by Gasteiger charge is 2.30. The minimum atomic E-state index is 0.520. The van der Waals surface area contributed by atoms with Crippen molar-refractivity contribution in [3.8, 4) is 0 Å². The normalized spacial score (nSPS) is 24.1. The van der Waals surface area contributed by atoms with Crippen molar-refractivity contribution in [1.82, 2.24) is 15.2 Å². The summed E-state index contributed by atoms with van der Waals surface area (Å²) in [7, 11) is 0. The van der Waals surface area contributed by atoms with Gasteiger partial charge < -0.3 is 10.2 Å². The molecule has 5 heteroatoms. The molecule has 0 amide bonds. The Labute approximate surface area is 126 Å². The zero-order chi connectivity index (χ0) is 13.9. The Morgan fingerprint density at radius 1 is 1.35 bits per heavy atom. The second-order valence-electron chi connectivity index (χ2n) is 6.29. The molecule has 112 valence electrons. The van der Waals surface area contributed by atoms with E-state index in [4.69, 9.17) is 4.98 Å². The van der Waals surface area contributed by atoms with Crippen LogP contribution in [0.4, 0.5) is 5.13 Å². The smallest absolute Gasteiger partial charge is 0.185 e. The highest BCUT2D eigenvalue weighted by atomic mass is 32.1. The van der Waals surface area contributed by atoms with Crippen LogP contribution in [-0.2, 0) is 6.54 Å². The van der Waals surface area contributed by atoms with Gasteiger partial charge in [-0.1, -0.05) is 13.8 Å². The van der Waals surface area contributed by atoms with E-state index in [-0.39, 0.29) is 0 Å². The summed E-state index contributed by atoms with van der Waals surface area (Å²) in [5.74, 6) is 0. The molecule has 0 radical (unpaired) electrons. The van der Waals surface area contributed by atoms with Crippen LogP contribution < -0.4 is 10.2 Å². The Morgan fingerprint density at radius 2 is 2.15 bits per heavy atom. The first kappa shape index (κ1) is 14.3. The molecule has 0 aromatic carbocycles. The first-order chi connectivity index (χ1) is 9.72. The van der Waals surface area contributed by atoms with Gasteiger partial charge in [-0.3, -0.25) is 4.90 Å². The summed E-state index contributed by atoms with van der Waals surface area (Å²) < 4.78 is 0. The van der Waals surface area contributed by atoms with Crippen LogP contribution in [0, 0.1) is 0 Å². The molecule has 1 aromatic heterocycles. The fraction of sp³-hybridized carbons (Fsp3) is 0.800. The predicted octanol–water partition coefficient (Wildman–Crippen LogP) is 2.32. The molecule has 3 heterocycles. The maximum atomic E-state index is 4.79. The molecule has 0 bridgehead atoms. The molecule has 1 aromatic rings. The first-order valence-electron chi connectivity index (χ1n) is 7.89. The summed E-state index contributed by atoms with van der Waals surface area (Å²) >= 11 is 1.80. The lowest BCUT2D eigenvalue weighted by molar-refractivity contribution is 0.260. The van der Waals surface area contributed by atoms with Gasteiger partial charge >= 0.3 is 0 Å². The van der Waals surface area contributed by atoms with Crippen LogP contribution in [0.1, 0.15) is 38.8 Å². The molecule has 1 unspecified atom stereocenters. The number of likely N-dealkylation sites (tertiary alicyclic amines) is 1. The SMILES string of the molecule is CC(C)NCc1csc(N2CCC(N3CCCC3)C2)n1. The molecule has 3 rings (SSSR count). The van der Waals surface area contributed by atoms with Gasteiger partial charge in [-0.05, 0) is 32.4 Å². The zero-order valence-electron chi connectivity index (χ0n) is 12.6. The predicted molar refractivity (Wildman–Crippen MR) is 85.5 cm³/mol. The van der Waals surface area contributed by atoms with Gasteiger partial charge in [0.25, 0.3) is 0 Å². The van der Waals surface area contributed by atoms with Crippen molar-refractivity contribution in [2.24, 2.45) is 0 Å². The van der Waals surface area contributed by atoms with Crippen LogP contribution in [-0.4, -0.2) is 48.1 Å². The van der Waals surface area contributed by atoms with E-state index in [0.29, 0.717) is 6.04 Å². The van der Waals surface area contributed by atoms with Crippen LogP contribution in [0.2, 0.25) is 0 Å².